The zero-order valence-corrected chi connectivity index (χ0v) is 15.6. The minimum Gasteiger partial charge on any atom is -0.481 e. The predicted molar refractivity (Wildman–Crippen MR) is 108 cm³/mol. The maximum atomic E-state index is 10.9. The lowest BCUT2D eigenvalue weighted by Crippen LogP contribution is -2.00. The van der Waals surface area contributed by atoms with Crippen molar-refractivity contribution in [1.82, 2.24) is 0 Å². The van der Waals surface area contributed by atoms with Gasteiger partial charge in [0.1, 0.15) is 12.4 Å². The van der Waals surface area contributed by atoms with Crippen LogP contribution in [0.2, 0.25) is 5.02 Å². The van der Waals surface area contributed by atoms with Crippen LogP contribution >= 0.6 is 11.6 Å². The van der Waals surface area contributed by atoms with E-state index in [2.05, 4.69) is 11.8 Å². The molecule has 0 unspecified atom stereocenters. The van der Waals surface area contributed by atoms with E-state index in [1.54, 1.807) is 48.5 Å². The quantitative estimate of drug-likeness (QED) is 0.586. The highest BCUT2D eigenvalue weighted by Crippen LogP contribution is 2.31. The van der Waals surface area contributed by atoms with Gasteiger partial charge in [-0.2, -0.15) is 0 Å². The number of carboxylic acid groups (broad SMARTS) is 1. The number of rotatable bonds is 6. The first-order chi connectivity index (χ1) is 13.6. The van der Waals surface area contributed by atoms with Crippen molar-refractivity contribution >= 4 is 17.6 Å². The molecule has 3 aromatic rings. The van der Waals surface area contributed by atoms with Crippen molar-refractivity contribution in [2.75, 3.05) is 6.61 Å². The molecule has 28 heavy (non-hydrogen) atoms. The van der Waals surface area contributed by atoms with Crippen molar-refractivity contribution in [3.05, 3.63) is 88.9 Å². The molecule has 3 aromatic carbocycles. The lowest BCUT2D eigenvalue weighted by atomic mass is 10.1. The topological polar surface area (TPSA) is 55.8 Å². The van der Waals surface area contributed by atoms with Gasteiger partial charge in [-0.1, -0.05) is 47.7 Å². The standard InChI is InChI=1S/C23H17ClO4/c24-19-12-10-17(11-13-19)6-4-14-27-21-8-1-2-9-22(21)28-20-7-3-5-18(15-20)16-23(25)26/h1-3,5,7-13,15H,14,16H2,(H,25,26). The van der Waals surface area contributed by atoms with E-state index < -0.39 is 5.97 Å². The summed E-state index contributed by atoms with van der Waals surface area (Å²) in [6.07, 6.45) is -0.0599. The Balaban J connectivity index is 1.66. The Kier molecular flexibility index (Phi) is 6.56. The summed E-state index contributed by atoms with van der Waals surface area (Å²) in [4.78, 5) is 10.9. The minimum absolute atomic E-state index is 0.0599. The second-order valence-corrected chi connectivity index (χ2v) is 6.30. The Morgan fingerprint density at radius 2 is 1.71 bits per heavy atom. The fourth-order valence-electron chi connectivity index (χ4n) is 2.46. The van der Waals surface area contributed by atoms with E-state index in [-0.39, 0.29) is 13.0 Å². The van der Waals surface area contributed by atoms with Crippen molar-refractivity contribution in [1.29, 1.82) is 0 Å². The van der Waals surface area contributed by atoms with Crippen LogP contribution in [0.5, 0.6) is 17.2 Å². The Labute approximate surface area is 168 Å². The van der Waals surface area contributed by atoms with Crippen molar-refractivity contribution < 1.29 is 19.4 Å². The Bertz CT molecular complexity index is 1020. The average Bonchev–Trinajstić information content (AvgIpc) is 2.67. The van der Waals surface area contributed by atoms with Gasteiger partial charge in [-0.05, 0) is 54.1 Å². The summed E-state index contributed by atoms with van der Waals surface area (Å²) in [7, 11) is 0. The molecular weight excluding hydrogens is 376 g/mol. The number of para-hydroxylation sites is 2. The summed E-state index contributed by atoms with van der Waals surface area (Å²) < 4.78 is 11.6. The van der Waals surface area contributed by atoms with E-state index in [9.17, 15) is 4.79 Å². The van der Waals surface area contributed by atoms with Crippen molar-refractivity contribution in [3.63, 3.8) is 0 Å². The van der Waals surface area contributed by atoms with Crippen LogP contribution in [0, 0.1) is 11.8 Å². The summed E-state index contributed by atoms with van der Waals surface area (Å²) in [6, 6.07) is 21.5. The highest BCUT2D eigenvalue weighted by Gasteiger charge is 2.07. The Morgan fingerprint density at radius 3 is 2.46 bits per heavy atom. The molecule has 140 valence electrons. The molecule has 0 radical (unpaired) electrons. The van der Waals surface area contributed by atoms with Gasteiger partial charge >= 0.3 is 5.97 Å². The Hall–Kier alpha value is -3.42. The molecule has 0 aliphatic rings. The van der Waals surface area contributed by atoms with Gasteiger partial charge in [-0.25, -0.2) is 0 Å². The maximum absolute atomic E-state index is 10.9. The van der Waals surface area contributed by atoms with Crippen molar-refractivity contribution in [2.24, 2.45) is 0 Å². The van der Waals surface area contributed by atoms with Gasteiger partial charge in [0.15, 0.2) is 11.5 Å². The van der Waals surface area contributed by atoms with Gasteiger partial charge < -0.3 is 14.6 Å². The van der Waals surface area contributed by atoms with E-state index in [0.717, 1.165) is 5.56 Å². The van der Waals surface area contributed by atoms with E-state index >= 15 is 0 Å². The highest BCUT2D eigenvalue weighted by molar-refractivity contribution is 6.30. The third kappa shape index (κ3) is 5.80. The SMILES string of the molecule is O=C(O)Cc1cccc(Oc2ccccc2OCC#Cc2ccc(Cl)cc2)c1. The summed E-state index contributed by atoms with van der Waals surface area (Å²) in [5.74, 6) is 6.70. The average molecular weight is 393 g/mol. The third-order valence-electron chi connectivity index (χ3n) is 3.71. The second-order valence-electron chi connectivity index (χ2n) is 5.86. The first-order valence-corrected chi connectivity index (χ1v) is 8.93. The zero-order chi connectivity index (χ0) is 19.8. The van der Waals surface area contributed by atoms with Crippen LogP contribution in [0.3, 0.4) is 0 Å². The van der Waals surface area contributed by atoms with Gasteiger partial charge in [0, 0.05) is 10.6 Å². The Morgan fingerprint density at radius 1 is 0.964 bits per heavy atom. The monoisotopic (exact) mass is 392 g/mol. The first kappa shape index (κ1) is 19.3. The maximum Gasteiger partial charge on any atom is 0.307 e. The largest absolute Gasteiger partial charge is 0.481 e. The molecule has 1 N–H and O–H groups in total. The van der Waals surface area contributed by atoms with Gasteiger partial charge in [-0.15, -0.1) is 0 Å². The van der Waals surface area contributed by atoms with Crippen molar-refractivity contribution in [2.45, 2.75) is 6.42 Å². The summed E-state index contributed by atoms with van der Waals surface area (Å²) in [6.45, 7) is 0.196. The van der Waals surface area contributed by atoms with Crippen LogP contribution in [-0.4, -0.2) is 17.7 Å². The third-order valence-corrected chi connectivity index (χ3v) is 3.96. The number of carbonyl (C=O) groups is 1. The molecular formula is C23H17ClO4. The van der Waals surface area contributed by atoms with Gasteiger partial charge in [0.2, 0.25) is 0 Å². The molecule has 0 aromatic heterocycles. The smallest absolute Gasteiger partial charge is 0.307 e. The predicted octanol–water partition coefficient (Wildman–Crippen LogP) is 5.19. The van der Waals surface area contributed by atoms with E-state index in [4.69, 9.17) is 26.2 Å². The van der Waals surface area contributed by atoms with Crippen LogP contribution in [0.25, 0.3) is 0 Å². The molecule has 4 nitrogen and oxygen atoms in total. The zero-order valence-electron chi connectivity index (χ0n) is 14.9. The second kappa shape index (κ2) is 9.50. The van der Waals surface area contributed by atoms with E-state index in [0.29, 0.717) is 27.8 Å². The molecule has 0 atom stereocenters. The van der Waals surface area contributed by atoms with Crippen molar-refractivity contribution in [3.8, 4) is 29.1 Å². The molecule has 3 rings (SSSR count). The molecule has 0 fully saturated rings. The van der Waals surface area contributed by atoms with E-state index in [1.807, 2.05) is 24.3 Å². The fraction of sp³-hybridized carbons (Fsp3) is 0.0870. The van der Waals surface area contributed by atoms with Gasteiger partial charge in [0.25, 0.3) is 0 Å². The molecule has 0 aliphatic heterocycles. The number of halogens is 1. The normalized spacial score (nSPS) is 9.89. The number of carboxylic acids is 1. The van der Waals surface area contributed by atoms with Crippen LogP contribution in [0.4, 0.5) is 0 Å². The highest BCUT2D eigenvalue weighted by atomic mass is 35.5. The van der Waals surface area contributed by atoms with Crippen LogP contribution in [0.1, 0.15) is 11.1 Å². The molecule has 5 heteroatoms. The molecule has 0 saturated heterocycles. The molecule has 0 amide bonds. The lowest BCUT2D eigenvalue weighted by molar-refractivity contribution is -0.136. The van der Waals surface area contributed by atoms with Crippen LogP contribution < -0.4 is 9.47 Å². The molecule has 0 saturated carbocycles. The van der Waals surface area contributed by atoms with Gasteiger partial charge in [-0.3, -0.25) is 4.79 Å². The van der Waals surface area contributed by atoms with Crippen LogP contribution in [0.15, 0.2) is 72.8 Å². The number of benzene rings is 3. The first-order valence-electron chi connectivity index (χ1n) is 8.55. The summed E-state index contributed by atoms with van der Waals surface area (Å²) >= 11 is 5.86. The number of hydrogen-bond donors (Lipinski definition) is 1. The molecule has 0 bridgehead atoms. The lowest BCUT2D eigenvalue weighted by Gasteiger charge is -2.11. The summed E-state index contributed by atoms with van der Waals surface area (Å²) in [5.41, 5.74) is 1.52. The number of aliphatic carboxylic acids is 1. The summed E-state index contributed by atoms with van der Waals surface area (Å²) in [5, 5.41) is 9.59. The minimum atomic E-state index is -0.889. The molecule has 0 heterocycles. The number of ether oxygens (including phenoxy) is 2. The van der Waals surface area contributed by atoms with Gasteiger partial charge in [0.05, 0.1) is 6.42 Å². The molecule has 0 spiro atoms. The fourth-order valence-corrected chi connectivity index (χ4v) is 2.59. The molecule has 0 aliphatic carbocycles. The van der Waals surface area contributed by atoms with E-state index in [1.165, 1.54) is 0 Å². The van der Waals surface area contributed by atoms with Crippen LogP contribution in [-0.2, 0) is 11.2 Å². The number of hydrogen-bond acceptors (Lipinski definition) is 3.